The van der Waals surface area contributed by atoms with Crippen LogP contribution in [0.4, 0.5) is 0 Å². The fraction of sp³-hybridized carbons (Fsp3) is 0.600. The molecule has 12 heavy (non-hydrogen) atoms. The molecule has 0 radical (unpaired) electrons. The van der Waals surface area contributed by atoms with E-state index in [2.05, 4.69) is 12.2 Å². The summed E-state index contributed by atoms with van der Waals surface area (Å²) in [4.78, 5) is 0. The van der Waals surface area contributed by atoms with Crippen molar-refractivity contribution in [3.05, 3.63) is 23.5 Å². The summed E-state index contributed by atoms with van der Waals surface area (Å²) in [6.07, 6.45) is 7.62. The molecule has 0 saturated heterocycles. The van der Waals surface area contributed by atoms with Crippen molar-refractivity contribution in [1.82, 2.24) is 0 Å². The Balaban J connectivity index is 2.01. The highest BCUT2D eigenvalue weighted by Crippen LogP contribution is 2.39. The van der Waals surface area contributed by atoms with Gasteiger partial charge in [0.15, 0.2) is 0 Å². The Morgan fingerprint density at radius 2 is 2.17 bits per heavy atom. The van der Waals surface area contributed by atoms with Crippen LogP contribution in [0.25, 0.3) is 0 Å². The van der Waals surface area contributed by atoms with Crippen molar-refractivity contribution in [2.24, 2.45) is 11.7 Å². The van der Waals surface area contributed by atoms with Crippen LogP contribution in [0.15, 0.2) is 23.5 Å². The summed E-state index contributed by atoms with van der Waals surface area (Å²) in [5.41, 5.74) is 7.29. The first-order valence-electron chi connectivity index (χ1n) is 4.50. The van der Waals surface area contributed by atoms with E-state index >= 15 is 0 Å². The van der Waals surface area contributed by atoms with Crippen LogP contribution in [0.2, 0.25) is 0 Å². The molecule has 2 heteroatoms. The molecule has 0 aromatic carbocycles. The Bertz CT molecular complexity index is 242. The van der Waals surface area contributed by atoms with E-state index in [4.69, 9.17) is 10.5 Å². The number of ether oxygens (including phenoxy) is 1. The van der Waals surface area contributed by atoms with Gasteiger partial charge in [-0.3, -0.25) is 0 Å². The summed E-state index contributed by atoms with van der Waals surface area (Å²) in [6, 6.07) is 0.439. The lowest BCUT2D eigenvalue weighted by Gasteiger charge is -2.12. The molecular formula is C10H15NO. The van der Waals surface area contributed by atoms with Gasteiger partial charge in [0, 0.05) is 12.5 Å². The van der Waals surface area contributed by atoms with E-state index in [0.29, 0.717) is 12.0 Å². The van der Waals surface area contributed by atoms with Crippen LogP contribution in [0.1, 0.15) is 19.3 Å². The second-order valence-electron chi connectivity index (χ2n) is 3.58. The summed E-state index contributed by atoms with van der Waals surface area (Å²) in [6.45, 7) is 0. The molecule has 1 saturated carbocycles. The Morgan fingerprint density at radius 3 is 2.58 bits per heavy atom. The third-order valence-corrected chi connectivity index (χ3v) is 2.72. The van der Waals surface area contributed by atoms with Gasteiger partial charge >= 0.3 is 0 Å². The van der Waals surface area contributed by atoms with Crippen LogP contribution in [0.3, 0.4) is 0 Å². The minimum absolute atomic E-state index is 0.439. The number of rotatable bonds is 2. The highest BCUT2D eigenvalue weighted by Gasteiger charge is 2.36. The van der Waals surface area contributed by atoms with Crippen molar-refractivity contribution in [3.8, 4) is 0 Å². The van der Waals surface area contributed by atoms with Crippen molar-refractivity contribution in [3.63, 3.8) is 0 Å². The summed E-state index contributed by atoms with van der Waals surface area (Å²) in [5, 5.41) is 0. The minimum Gasteiger partial charge on any atom is -0.501 e. The van der Waals surface area contributed by atoms with Crippen molar-refractivity contribution >= 4 is 0 Å². The lowest BCUT2D eigenvalue weighted by atomic mass is 9.99. The van der Waals surface area contributed by atoms with Crippen molar-refractivity contribution < 1.29 is 4.74 Å². The molecule has 0 heterocycles. The van der Waals surface area contributed by atoms with E-state index < -0.39 is 0 Å². The van der Waals surface area contributed by atoms with Gasteiger partial charge in [-0.2, -0.15) is 0 Å². The topological polar surface area (TPSA) is 35.2 Å². The molecular weight excluding hydrogens is 150 g/mol. The quantitative estimate of drug-likeness (QED) is 0.674. The zero-order valence-corrected chi connectivity index (χ0v) is 7.42. The van der Waals surface area contributed by atoms with Gasteiger partial charge in [-0.25, -0.2) is 0 Å². The van der Waals surface area contributed by atoms with Crippen LogP contribution in [-0.4, -0.2) is 13.2 Å². The molecule has 2 rings (SSSR count). The zero-order chi connectivity index (χ0) is 8.55. The second-order valence-corrected chi connectivity index (χ2v) is 3.58. The number of methoxy groups -OCH3 is 1. The molecule has 0 aliphatic heterocycles. The first-order valence-corrected chi connectivity index (χ1v) is 4.50. The average molecular weight is 165 g/mol. The van der Waals surface area contributed by atoms with E-state index in [1.165, 1.54) is 12.0 Å². The van der Waals surface area contributed by atoms with E-state index in [9.17, 15) is 0 Å². The van der Waals surface area contributed by atoms with Gasteiger partial charge in [0.1, 0.15) is 0 Å². The third kappa shape index (κ3) is 1.39. The maximum Gasteiger partial charge on any atom is 0.0958 e. The largest absolute Gasteiger partial charge is 0.501 e. The molecule has 0 amide bonds. The number of hydrogen-bond donors (Lipinski definition) is 1. The third-order valence-electron chi connectivity index (χ3n) is 2.72. The summed E-state index contributed by atoms with van der Waals surface area (Å²) < 4.78 is 5.15. The van der Waals surface area contributed by atoms with E-state index in [0.717, 1.165) is 18.6 Å². The molecule has 0 spiro atoms. The molecule has 2 aliphatic rings. The van der Waals surface area contributed by atoms with E-state index in [1.807, 2.05) is 0 Å². The Kier molecular flexibility index (Phi) is 1.93. The average Bonchev–Trinajstić information content (AvgIpc) is 2.83. The molecule has 2 unspecified atom stereocenters. The first-order chi connectivity index (χ1) is 5.81. The Morgan fingerprint density at radius 1 is 1.42 bits per heavy atom. The molecule has 2 N–H and O–H groups in total. The fourth-order valence-corrected chi connectivity index (χ4v) is 1.75. The molecule has 1 fully saturated rings. The number of hydrogen-bond acceptors (Lipinski definition) is 2. The number of nitrogens with two attached hydrogens (primary N) is 1. The predicted molar refractivity (Wildman–Crippen MR) is 48.5 cm³/mol. The molecule has 66 valence electrons. The van der Waals surface area contributed by atoms with E-state index in [-0.39, 0.29) is 0 Å². The Hall–Kier alpha value is -0.760. The molecule has 2 aliphatic carbocycles. The monoisotopic (exact) mass is 165 g/mol. The maximum atomic E-state index is 5.77. The second kappa shape index (κ2) is 2.94. The van der Waals surface area contributed by atoms with Gasteiger partial charge in [0.25, 0.3) is 0 Å². The van der Waals surface area contributed by atoms with Crippen molar-refractivity contribution in [2.75, 3.05) is 7.11 Å². The minimum atomic E-state index is 0.439. The predicted octanol–water partition coefficient (Wildman–Crippen LogP) is 1.58. The van der Waals surface area contributed by atoms with E-state index in [1.54, 1.807) is 7.11 Å². The van der Waals surface area contributed by atoms with Gasteiger partial charge in [-0.05, 0) is 24.8 Å². The SMILES string of the molecule is COC1=CC=C(C2CC2N)CC1. The maximum absolute atomic E-state index is 5.77. The lowest BCUT2D eigenvalue weighted by Crippen LogP contribution is -2.05. The van der Waals surface area contributed by atoms with Gasteiger partial charge in [0.2, 0.25) is 0 Å². The Labute approximate surface area is 73.1 Å². The highest BCUT2D eigenvalue weighted by molar-refractivity contribution is 5.27. The lowest BCUT2D eigenvalue weighted by molar-refractivity contribution is 0.275. The van der Waals surface area contributed by atoms with Crippen LogP contribution in [-0.2, 0) is 4.74 Å². The van der Waals surface area contributed by atoms with Crippen LogP contribution < -0.4 is 5.73 Å². The molecule has 0 bridgehead atoms. The van der Waals surface area contributed by atoms with Gasteiger partial charge in [-0.1, -0.05) is 11.6 Å². The van der Waals surface area contributed by atoms with Gasteiger partial charge in [-0.15, -0.1) is 0 Å². The molecule has 2 nitrogen and oxygen atoms in total. The first kappa shape index (κ1) is 7.87. The van der Waals surface area contributed by atoms with Gasteiger partial charge in [0.05, 0.1) is 12.9 Å². The standard InChI is InChI=1S/C10H15NO/c1-12-8-4-2-7(3-5-8)9-6-10(9)11/h2,4,9-10H,3,5-6,11H2,1H3. The van der Waals surface area contributed by atoms with Crippen molar-refractivity contribution in [1.29, 1.82) is 0 Å². The van der Waals surface area contributed by atoms with Gasteiger partial charge < -0.3 is 10.5 Å². The normalized spacial score (nSPS) is 33.8. The molecule has 0 aromatic heterocycles. The molecule has 0 aromatic rings. The van der Waals surface area contributed by atoms with Crippen molar-refractivity contribution in [2.45, 2.75) is 25.3 Å². The fourth-order valence-electron chi connectivity index (χ4n) is 1.75. The van der Waals surface area contributed by atoms with Crippen LogP contribution >= 0.6 is 0 Å². The van der Waals surface area contributed by atoms with Crippen LogP contribution in [0.5, 0.6) is 0 Å². The summed E-state index contributed by atoms with van der Waals surface area (Å²) in [7, 11) is 1.73. The summed E-state index contributed by atoms with van der Waals surface area (Å²) in [5.74, 6) is 1.77. The smallest absolute Gasteiger partial charge is 0.0958 e. The highest BCUT2D eigenvalue weighted by atomic mass is 16.5. The molecule has 2 atom stereocenters. The zero-order valence-electron chi connectivity index (χ0n) is 7.42. The summed E-state index contributed by atoms with van der Waals surface area (Å²) >= 11 is 0. The van der Waals surface area contributed by atoms with Crippen LogP contribution in [0, 0.1) is 5.92 Å². The number of allylic oxidation sites excluding steroid dienone is 3.